The van der Waals surface area contributed by atoms with Gasteiger partial charge in [0.2, 0.25) is 0 Å². The van der Waals surface area contributed by atoms with Crippen LogP contribution in [0, 0.1) is 6.92 Å². The molecule has 0 bridgehead atoms. The van der Waals surface area contributed by atoms with Crippen LogP contribution in [0.25, 0.3) is 0 Å². The third-order valence-corrected chi connectivity index (χ3v) is 3.72. The number of thioether (sulfide) groups is 1. The average molecular weight is 260 g/mol. The molecule has 1 unspecified atom stereocenters. The molecule has 0 saturated carbocycles. The molecule has 0 saturated heterocycles. The van der Waals surface area contributed by atoms with Crippen molar-refractivity contribution in [3.05, 3.63) is 16.1 Å². The standard InChI is InChI=1S/C10H16N2O2S2/c1-3-14-10(13)9(11)6-15-4-8-5-16-7(2)12-8/h5,9H,3-4,6,11H2,1-2H3. The van der Waals surface area contributed by atoms with Crippen LogP contribution in [-0.4, -0.2) is 29.4 Å². The fourth-order valence-corrected chi connectivity index (χ4v) is 2.67. The molecule has 0 aromatic carbocycles. The Kier molecular flexibility index (Phi) is 5.79. The minimum Gasteiger partial charge on any atom is -0.465 e. The maximum Gasteiger partial charge on any atom is 0.323 e. The summed E-state index contributed by atoms with van der Waals surface area (Å²) in [6.45, 7) is 4.13. The van der Waals surface area contributed by atoms with Gasteiger partial charge in [0.05, 0.1) is 17.3 Å². The molecule has 1 atom stereocenters. The quantitative estimate of drug-likeness (QED) is 0.787. The number of rotatable bonds is 6. The van der Waals surface area contributed by atoms with Crippen molar-refractivity contribution in [3.8, 4) is 0 Å². The van der Waals surface area contributed by atoms with Crippen molar-refractivity contribution in [1.82, 2.24) is 4.98 Å². The Balaban J connectivity index is 2.22. The van der Waals surface area contributed by atoms with Gasteiger partial charge in [-0.1, -0.05) is 0 Å². The van der Waals surface area contributed by atoms with Gasteiger partial charge in [0.1, 0.15) is 6.04 Å². The number of carbonyl (C=O) groups excluding carboxylic acids is 1. The number of thiazole rings is 1. The molecule has 0 aliphatic carbocycles. The van der Waals surface area contributed by atoms with Crippen LogP contribution in [0.3, 0.4) is 0 Å². The van der Waals surface area contributed by atoms with E-state index in [0.29, 0.717) is 12.4 Å². The van der Waals surface area contributed by atoms with Gasteiger partial charge in [0.25, 0.3) is 0 Å². The average Bonchev–Trinajstić information content (AvgIpc) is 2.64. The molecule has 6 heteroatoms. The van der Waals surface area contributed by atoms with Gasteiger partial charge in [-0.2, -0.15) is 11.8 Å². The van der Waals surface area contributed by atoms with Crippen LogP contribution in [0.15, 0.2) is 5.38 Å². The van der Waals surface area contributed by atoms with E-state index < -0.39 is 6.04 Å². The number of carbonyl (C=O) groups is 1. The van der Waals surface area contributed by atoms with Crippen molar-refractivity contribution < 1.29 is 9.53 Å². The van der Waals surface area contributed by atoms with E-state index in [4.69, 9.17) is 10.5 Å². The Morgan fingerprint density at radius 3 is 3.06 bits per heavy atom. The first-order valence-electron chi connectivity index (χ1n) is 5.04. The van der Waals surface area contributed by atoms with E-state index in [1.54, 1.807) is 30.0 Å². The molecule has 16 heavy (non-hydrogen) atoms. The summed E-state index contributed by atoms with van der Waals surface area (Å²) in [7, 11) is 0. The van der Waals surface area contributed by atoms with Gasteiger partial charge in [-0.05, 0) is 13.8 Å². The molecule has 90 valence electrons. The van der Waals surface area contributed by atoms with E-state index in [-0.39, 0.29) is 5.97 Å². The molecule has 0 aliphatic rings. The molecular formula is C10H16N2O2S2. The molecule has 0 amide bonds. The summed E-state index contributed by atoms with van der Waals surface area (Å²) in [5, 5.41) is 3.09. The lowest BCUT2D eigenvalue weighted by Crippen LogP contribution is -2.34. The van der Waals surface area contributed by atoms with Crippen LogP contribution in [0.5, 0.6) is 0 Å². The fraction of sp³-hybridized carbons (Fsp3) is 0.600. The molecule has 1 heterocycles. The summed E-state index contributed by atoms with van der Waals surface area (Å²) in [6, 6.07) is -0.537. The van der Waals surface area contributed by atoms with Crippen LogP contribution in [0.2, 0.25) is 0 Å². The van der Waals surface area contributed by atoms with Crippen molar-refractivity contribution in [2.75, 3.05) is 12.4 Å². The normalized spacial score (nSPS) is 12.4. The van der Waals surface area contributed by atoms with Crippen molar-refractivity contribution >= 4 is 29.1 Å². The van der Waals surface area contributed by atoms with E-state index in [9.17, 15) is 4.79 Å². The van der Waals surface area contributed by atoms with Gasteiger partial charge in [-0.25, -0.2) is 4.98 Å². The molecule has 0 radical (unpaired) electrons. The molecular weight excluding hydrogens is 244 g/mol. The smallest absolute Gasteiger partial charge is 0.323 e. The Morgan fingerprint density at radius 1 is 1.75 bits per heavy atom. The van der Waals surface area contributed by atoms with Crippen LogP contribution >= 0.6 is 23.1 Å². The molecule has 1 aromatic rings. The van der Waals surface area contributed by atoms with Crippen molar-refractivity contribution in [2.45, 2.75) is 25.6 Å². The lowest BCUT2D eigenvalue weighted by atomic mass is 10.4. The van der Waals surface area contributed by atoms with Crippen molar-refractivity contribution in [1.29, 1.82) is 0 Å². The fourth-order valence-electron chi connectivity index (χ4n) is 1.08. The first kappa shape index (κ1) is 13.5. The number of nitrogens with two attached hydrogens (primary N) is 1. The zero-order valence-electron chi connectivity index (χ0n) is 9.43. The Morgan fingerprint density at radius 2 is 2.50 bits per heavy atom. The highest BCUT2D eigenvalue weighted by Gasteiger charge is 2.14. The predicted molar refractivity (Wildman–Crippen MR) is 67.6 cm³/mol. The Labute approximate surface area is 104 Å². The summed E-state index contributed by atoms with van der Waals surface area (Å²) in [5.74, 6) is 1.02. The number of aromatic nitrogens is 1. The topological polar surface area (TPSA) is 65.2 Å². The van der Waals surface area contributed by atoms with Crippen LogP contribution < -0.4 is 5.73 Å². The zero-order chi connectivity index (χ0) is 12.0. The first-order valence-corrected chi connectivity index (χ1v) is 7.08. The number of hydrogen-bond donors (Lipinski definition) is 1. The van der Waals surface area contributed by atoms with Crippen LogP contribution in [-0.2, 0) is 15.3 Å². The summed E-state index contributed by atoms with van der Waals surface area (Å²) in [5.41, 5.74) is 6.70. The minimum atomic E-state index is -0.537. The molecule has 2 N–H and O–H groups in total. The highest BCUT2D eigenvalue weighted by atomic mass is 32.2. The summed E-state index contributed by atoms with van der Waals surface area (Å²) in [6.07, 6.45) is 0. The largest absolute Gasteiger partial charge is 0.465 e. The molecule has 1 aromatic heterocycles. The monoisotopic (exact) mass is 260 g/mol. The number of esters is 1. The molecule has 0 spiro atoms. The minimum absolute atomic E-state index is 0.329. The predicted octanol–water partition coefficient (Wildman–Crippen LogP) is 1.58. The molecule has 0 aliphatic heterocycles. The number of hydrogen-bond acceptors (Lipinski definition) is 6. The van der Waals surface area contributed by atoms with E-state index in [2.05, 4.69) is 4.98 Å². The van der Waals surface area contributed by atoms with Gasteiger partial charge in [-0.3, -0.25) is 4.79 Å². The van der Waals surface area contributed by atoms with Gasteiger partial charge in [0.15, 0.2) is 0 Å². The Hall–Kier alpha value is -0.590. The van der Waals surface area contributed by atoms with Crippen molar-refractivity contribution in [2.24, 2.45) is 5.73 Å². The van der Waals surface area contributed by atoms with Gasteiger partial charge >= 0.3 is 5.97 Å². The van der Waals surface area contributed by atoms with E-state index in [1.165, 1.54) is 0 Å². The lowest BCUT2D eigenvalue weighted by molar-refractivity contribution is -0.144. The first-order chi connectivity index (χ1) is 7.63. The van der Waals surface area contributed by atoms with Crippen molar-refractivity contribution in [3.63, 3.8) is 0 Å². The molecule has 1 rings (SSSR count). The van der Waals surface area contributed by atoms with Gasteiger partial charge < -0.3 is 10.5 Å². The zero-order valence-corrected chi connectivity index (χ0v) is 11.1. The van der Waals surface area contributed by atoms with Crippen LogP contribution in [0.1, 0.15) is 17.6 Å². The number of ether oxygens (including phenoxy) is 1. The number of nitrogens with zero attached hydrogens (tertiary/aromatic N) is 1. The molecule has 4 nitrogen and oxygen atoms in total. The summed E-state index contributed by atoms with van der Waals surface area (Å²) in [4.78, 5) is 15.5. The summed E-state index contributed by atoms with van der Waals surface area (Å²) < 4.78 is 4.82. The second kappa shape index (κ2) is 6.88. The SMILES string of the molecule is CCOC(=O)C(N)CSCc1csc(C)n1. The number of aryl methyl sites for hydroxylation is 1. The van der Waals surface area contributed by atoms with E-state index in [0.717, 1.165) is 16.5 Å². The highest BCUT2D eigenvalue weighted by Crippen LogP contribution is 2.15. The lowest BCUT2D eigenvalue weighted by Gasteiger charge is -2.09. The van der Waals surface area contributed by atoms with E-state index >= 15 is 0 Å². The van der Waals surface area contributed by atoms with Gasteiger partial charge in [0, 0.05) is 16.9 Å². The Bertz CT molecular complexity index is 341. The van der Waals surface area contributed by atoms with Gasteiger partial charge in [-0.15, -0.1) is 11.3 Å². The second-order valence-corrected chi connectivity index (χ2v) is 5.32. The third kappa shape index (κ3) is 4.51. The third-order valence-electron chi connectivity index (χ3n) is 1.80. The summed E-state index contributed by atoms with van der Waals surface area (Å²) >= 11 is 3.23. The molecule has 0 fully saturated rings. The maximum atomic E-state index is 11.2. The maximum absolute atomic E-state index is 11.2. The highest BCUT2D eigenvalue weighted by molar-refractivity contribution is 7.98. The van der Waals surface area contributed by atoms with Crippen LogP contribution in [0.4, 0.5) is 0 Å². The second-order valence-electron chi connectivity index (χ2n) is 3.23. The van der Waals surface area contributed by atoms with E-state index in [1.807, 2.05) is 12.3 Å².